The highest BCUT2D eigenvalue weighted by atomic mass is 16.6. The summed E-state index contributed by atoms with van der Waals surface area (Å²) in [7, 11) is 0. The average molecular weight is 263 g/mol. The van der Waals surface area contributed by atoms with E-state index in [1.54, 1.807) is 12.1 Å². The molecule has 1 amide bonds. The molecule has 5 nitrogen and oxygen atoms in total. The van der Waals surface area contributed by atoms with E-state index < -0.39 is 12.1 Å². The van der Waals surface area contributed by atoms with Crippen molar-refractivity contribution in [1.82, 2.24) is 0 Å². The molecule has 0 unspecified atom stereocenters. The second-order valence-corrected chi connectivity index (χ2v) is 3.95. The lowest BCUT2D eigenvalue weighted by Gasteiger charge is -2.22. The number of ether oxygens (including phenoxy) is 1. The van der Waals surface area contributed by atoms with Gasteiger partial charge in [0.15, 0.2) is 0 Å². The number of nitrogens with zero attached hydrogens (tertiary/aromatic N) is 1. The van der Waals surface area contributed by atoms with E-state index in [0.29, 0.717) is 5.69 Å². The van der Waals surface area contributed by atoms with Gasteiger partial charge in [-0.05, 0) is 18.6 Å². The number of anilines is 1. The van der Waals surface area contributed by atoms with Gasteiger partial charge in [-0.3, -0.25) is 9.69 Å². The highest BCUT2D eigenvalue weighted by molar-refractivity contribution is 5.89. The molecule has 0 fully saturated rings. The highest BCUT2D eigenvalue weighted by Gasteiger charge is 2.19. The van der Waals surface area contributed by atoms with E-state index in [-0.39, 0.29) is 19.6 Å². The smallest absolute Gasteiger partial charge is 0.414 e. The van der Waals surface area contributed by atoms with Gasteiger partial charge in [0.05, 0.1) is 6.42 Å². The number of rotatable bonds is 6. The van der Waals surface area contributed by atoms with Crippen molar-refractivity contribution in [3.8, 4) is 0 Å². The van der Waals surface area contributed by atoms with E-state index in [1.165, 1.54) is 11.0 Å². The van der Waals surface area contributed by atoms with Crippen LogP contribution in [-0.4, -0.2) is 30.3 Å². The van der Waals surface area contributed by atoms with Crippen molar-refractivity contribution < 1.29 is 19.4 Å². The van der Waals surface area contributed by atoms with Gasteiger partial charge < -0.3 is 9.84 Å². The van der Waals surface area contributed by atoms with Crippen molar-refractivity contribution >= 4 is 17.7 Å². The summed E-state index contributed by atoms with van der Waals surface area (Å²) in [5.41, 5.74) is 1.53. The third-order valence-corrected chi connectivity index (χ3v) is 2.50. The van der Waals surface area contributed by atoms with Crippen LogP contribution in [-0.2, 0) is 9.53 Å². The van der Waals surface area contributed by atoms with Gasteiger partial charge in [-0.15, -0.1) is 0 Å². The number of hydrogen-bond acceptors (Lipinski definition) is 3. The van der Waals surface area contributed by atoms with Crippen molar-refractivity contribution in [1.29, 1.82) is 0 Å². The molecule has 5 heteroatoms. The fourth-order valence-electron chi connectivity index (χ4n) is 1.59. The number of carboxylic acids is 1. The van der Waals surface area contributed by atoms with Crippen LogP contribution in [0.5, 0.6) is 0 Å². The number of carboxylic acid groups (broad SMARTS) is 1. The van der Waals surface area contributed by atoms with Gasteiger partial charge in [0.2, 0.25) is 0 Å². The van der Waals surface area contributed by atoms with Gasteiger partial charge in [0.1, 0.15) is 6.61 Å². The zero-order chi connectivity index (χ0) is 14.3. The predicted molar refractivity (Wildman–Crippen MR) is 72.3 cm³/mol. The van der Waals surface area contributed by atoms with E-state index in [1.807, 2.05) is 19.1 Å². The first-order valence-electron chi connectivity index (χ1n) is 5.89. The Morgan fingerprint density at radius 1 is 1.42 bits per heavy atom. The van der Waals surface area contributed by atoms with E-state index >= 15 is 0 Å². The molecule has 0 saturated heterocycles. The van der Waals surface area contributed by atoms with Gasteiger partial charge in [0, 0.05) is 12.2 Å². The number of hydrogen-bond donors (Lipinski definition) is 1. The molecule has 0 aromatic heterocycles. The Balaban J connectivity index is 2.91. The molecule has 0 aliphatic carbocycles. The van der Waals surface area contributed by atoms with Crippen LogP contribution in [0.4, 0.5) is 10.5 Å². The summed E-state index contributed by atoms with van der Waals surface area (Å²) in [5.74, 6) is -0.963. The van der Waals surface area contributed by atoms with Gasteiger partial charge in [-0.25, -0.2) is 4.79 Å². The zero-order valence-electron chi connectivity index (χ0n) is 10.8. The minimum Gasteiger partial charge on any atom is -0.481 e. The Kier molecular flexibility index (Phi) is 5.60. The first-order chi connectivity index (χ1) is 9.06. The van der Waals surface area contributed by atoms with Crippen LogP contribution in [0.2, 0.25) is 0 Å². The Labute approximate surface area is 112 Å². The van der Waals surface area contributed by atoms with Crippen molar-refractivity contribution in [3.63, 3.8) is 0 Å². The lowest BCUT2D eigenvalue weighted by molar-refractivity contribution is -0.136. The number of aryl methyl sites for hydroxylation is 1. The van der Waals surface area contributed by atoms with Crippen molar-refractivity contribution in [3.05, 3.63) is 42.5 Å². The predicted octanol–water partition coefficient (Wildman–Crippen LogP) is 2.60. The quantitative estimate of drug-likeness (QED) is 0.801. The van der Waals surface area contributed by atoms with Crippen molar-refractivity contribution in [2.24, 2.45) is 0 Å². The molecule has 0 radical (unpaired) electrons. The summed E-state index contributed by atoms with van der Waals surface area (Å²) >= 11 is 0. The molecule has 19 heavy (non-hydrogen) atoms. The third-order valence-electron chi connectivity index (χ3n) is 2.50. The highest BCUT2D eigenvalue weighted by Crippen LogP contribution is 2.20. The third kappa shape index (κ3) is 4.46. The number of aliphatic carboxylic acids is 1. The molecule has 1 aromatic carbocycles. The van der Waals surface area contributed by atoms with Gasteiger partial charge >= 0.3 is 12.1 Å². The van der Waals surface area contributed by atoms with Crippen LogP contribution in [0.25, 0.3) is 0 Å². The molecule has 1 N–H and O–H groups in total. The van der Waals surface area contributed by atoms with Crippen LogP contribution in [0.15, 0.2) is 36.9 Å². The Bertz CT molecular complexity index is 470. The van der Waals surface area contributed by atoms with E-state index in [4.69, 9.17) is 9.84 Å². The number of benzene rings is 1. The topological polar surface area (TPSA) is 66.8 Å². The number of para-hydroxylation sites is 1. The first-order valence-corrected chi connectivity index (χ1v) is 5.89. The Hall–Kier alpha value is -2.30. The van der Waals surface area contributed by atoms with Crippen LogP contribution in [0, 0.1) is 6.92 Å². The molecule has 0 atom stereocenters. The average Bonchev–Trinajstić information content (AvgIpc) is 2.38. The second kappa shape index (κ2) is 7.20. The largest absolute Gasteiger partial charge is 0.481 e. The van der Waals surface area contributed by atoms with Gasteiger partial charge in [-0.1, -0.05) is 30.9 Å². The van der Waals surface area contributed by atoms with Crippen LogP contribution in [0.3, 0.4) is 0 Å². The SMILES string of the molecule is C=CCOC(=O)N(CCC(=O)O)c1ccccc1C. The summed E-state index contributed by atoms with van der Waals surface area (Å²) in [6.45, 7) is 5.47. The molecule has 0 aliphatic rings. The molecule has 102 valence electrons. The van der Waals surface area contributed by atoms with E-state index in [0.717, 1.165) is 5.56 Å². The summed E-state index contributed by atoms with van der Waals surface area (Å²) < 4.78 is 4.97. The van der Waals surface area contributed by atoms with Crippen LogP contribution < -0.4 is 4.90 Å². The normalized spacial score (nSPS) is 9.74. The van der Waals surface area contributed by atoms with E-state index in [9.17, 15) is 9.59 Å². The minimum absolute atomic E-state index is 0.0656. The molecule has 0 spiro atoms. The lowest BCUT2D eigenvalue weighted by Crippen LogP contribution is -2.34. The number of carbonyl (C=O) groups is 2. The molecule has 1 rings (SSSR count). The summed E-state index contributed by atoms with van der Waals surface area (Å²) in [6.07, 6.45) is 0.748. The first kappa shape index (κ1) is 14.8. The van der Waals surface area contributed by atoms with Crippen LogP contribution in [0.1, 0.15) is 12.0 Å². The van der Waals surface area contributed by atoms with Crippen molar-refractivity contribution in [2.45, 2.75) is 13.3 Å². The Morgan fingerprint density at radius 3 is 2.68 bits per heavy atom. The summed E-state index contributed by atoms with van der Waals surface area (Å²) in [5, 5.41) is 8.74. The van der Waals surface area contributed by atoms with Crippen LogP contribution >= 0.6 is 0 Å². The molecular formula is C14H17NO4. The summed E-state index contributed by atoms with van der Waals surface area (Å²) in [6, 6.07) is 7.25. The maximum absolute atomic E-state index is 11.9. The Morgan fingerprint density at radius 2 is 2.11 bits per heavy atom. The summed E-state index contributed by atoms with van der Waals surface area (Å²) in [4.78, 5) is 23.9. The van der Waals surface area contributed by atoms with Gasteiger partial charge in [0.25, 0.3) is 0 Å². The maximum Gasteiger partial charge on any atom is 0.414 e. The second-order valence-electron chi connectivity index (χ2n) is 3.95. The van der Waals surface area contributed by atoms with E-state index in [2.05, 4.69) is 6.58 Å². The van der Waals surface area contributed by atoms with Crippen molar-refractivity contribution in [2.75, 3.05) is 18.1 Å². The molecule has 0 bridgehead atoms. The standard InChI is InChI=1S/C14H17NO4/c1-3-10-19-14(18)15(9-8-13(16)17)12-7-5-4-6-11(12)2/h3-7H,1,8-10H2,2H3,(H,16,17). The monoisotopic (exact) mass is 263 g/mol. The maximum atomic E-state index is 11.9. The zero-order valence-corrected chi connectivity index (χ0v) is 10.8. The molecule has 1 aromatic rings. The molecule has 0 aliphatic heterocycles. The molecule has 0 heterocycles. The molecular weight excluding hydrogens is 246 g/mol. The lowest BCUT2D eigenvalue weighted by atomic mass is 10.2. The fraction of sp³-hybridized carbons (Fsp3) is 0.286. The molecule has 0 saturated carbocycles. The number of carbonyl (C=O) groups excluding carboxylic acids is 1. The fourth-order valence-corrected chi connectivity index (χ4v) is 1.59. The number of amides is 1. The van der Waals surface area contributed by atoms with Gasteiger partial charge in [-0.2, -0.15) is 0 Å². The minimum atomic E-state index is -0.963.